The molecule has 0 radical (unpaired) electrons. The minimum absolute atomic E-state index is 0. The molecule has 0 spiro atoms. The maximum absolute atomic E-state index is 12.7. The summed E-state index contributed by atoms with van der Waals surface area (Å²) in [4.78, 5) is 23.4. The first-order chi connectivity index (χ1) is 12.6. The largest absolute Gasteiger partial charge is 0.317 e. The van der Waals surface area contributed by atoms with Crippen LogP contribution < -0.4 is 10.6 Å². The SMILES string of the molecule is Cc1nc(-c2cnn(C)c2)sc1C(=O)Nc1ncc(C2CCNCC2)s1.Cl. The summed E-state index contributed by atoms with van der Waals surface area (Å²) in [6.07, 6.45) is 7.80. The van der Waals surface area contributed by atoms with Gasteiger partial charge in [0.25, 0.3) is 5.91 Å². The van der Waals surface area contributed by atoms with Crippen LogP contribution in [-0.4, -0.2) is 38.7 Å². The van der Waals surface area contributed by atoms with E-state index in [1.54, 1.807) is 22.2 Å². The molecule has 1 amide bonds. The third kappa shape index (κ3) is 4.37. The highest BCUT2D eigenvalue weighted by atomic mass is 35.5. The molecule has 4 heterocycles. The molecule has 1 saturated heterocycles. The van der Waals surface area contributed by atoms with Gasteiger partial charge in [0.15, 0.2) is 5.13 Å². The van der Waals surface area contributed by atoms with Crippen molar-refractivity contribution in [3.63, 3.8) is 0 Å². The second-order valence-corrected chi connectivity index (χ2v) is 8.44. The molecule has 10 heteroatoms. The van der Waals surface area contributed by atoms with Crippen molar-refractivity contribution in [2.45, 2.75) is 25.7 Å². The van der Waals surface area contributed by atoms with Gasteiger partial charge in [-0.2, -0.15) is 5.10 Å². The number of carbonyl (C=O) groups excluding carboxylic acids is 1. The highest BCUT2D eigenvalue weighted by Crippen LogP contribution is 2.33. The Labute approximate surface area is 171 Å². The van der Waals surface area contributed by atoms with Gasteiger partial charge in [-0.05, 0) is 38.8 Å². The summed E-state index contributed by atoms with van der Waals surface area (Å²) >= 11 is 2.96. The number of thiazole rings is 2. The van der Waals surface area contributed by atoms with Gasteiger partial charge in [0, 0.05) is 29.9 Å². The number of aryl methyl sites for hydroxylation is 2. The van der Waals surface area contributed by atoms with Crippen molar-refractivity contribution in [2.24, 2.45) is 7.05 Å². The van der Waals surface area contributed by atoms with Crippen LogP contribution in [0.5, 0.6) is 0 Å². The first-order valence-corrected chi connectivity index (χ1v) is 10.2. The van der Waals surface area contributed by atoms with Gasteiger partial charge < -0.3 is 5.32 Å². The van der Waals surface area contributed by atoms with Gasteiger partial charge in [0.2, 0.25) is 0 Å². The van der Waals surface area contributed by atoms with Crippen LogP contribution in [0.15, 0.2) is 18.6 Å². The Balaban J connectivity index is 0.00000210. The molecule has 2 N–H and O–H groups in total. The van der Waals surface area contributed by atoms with Crippen LogP contribution in [0, 0.1) is 6.92 Å². The Kier molecular flexibility index (Phi) is 6.25. The van der Waals surface area contributed by atoms with Crippen LogP contribution in [0.2, 0.25) is 0 Å². The van der Waals surface area contributed by atoms with Crippen molar-refractivity contribution in [2.75, 3.05) is 18.4 Å². The fraction of sp³-hybridized carbons (Fsp3) is 0.412. The summed E-state index contributed by atoms with van der Waals surface area (Å²) in [7, 11) is 1.86. The van der Waals surface area contributed by atoms with Crippen molar-refractivity contribution >= 4 is 46.1 Å². The van der Waals surface area contributed by atoms with E-state index in [1.807, 2.05) is 26.4 Å². The number of rotatable bonds is 4. The Morgan fingerprint density at radius 1 is 1.30 bits per heavy atom. The Morgan fingerprint density at radius 2 is 2.07 bits per heavy atom. The number of piperidine rings is 1. The number of aromatic nitrogens is 4. The fourth-order valence-corrected chi connectivity index (χ4v) is 4.97. The average molecular weight is 425 g/mol. The molecule has 1 fully saturated rings. The first-order valence-electron chi connectivity index (χ1n) is 8.54. The Bertz CT molecular complexity index is 928. The summed E-state index contributed by atoms with van der Waals surface area (Å²) in [6.45, 7) is 3.94. The number of amides is 1. The van der Waals surface area contributed by atoms with Crippen molar-refractivity contribution in [1.29, 1.82) is 0 Å². The molecule has 0 bridgehead atoms. The smallest absolute Gasteiger partial charge is 0.269 e. The van der Waals surface area contributed by atoms with Gasteiger partial charge in [-0.1, -0.05) is 0 Å². The van der Waals surface area contributed by atoms with Crippen molar-refractivity contribution in [1.82, 2.24) is 25.1 Å². The highest BCUT2D eigenvalue weighted by Gasteiger charge is 2.21. The lowest BCUT2D eigenvalue weighted by atomic mass is 9.97. The Hall–Kier alpha value is -1.81. The van der Waals surface area contributed by atoms with E-state index in [-0.39, 0.29) is 18.3 Å². The van der Waals surface area contributed by atoms with E-state index in [0.29, 0.717) is 15.9 Å². The molecule has 7 nitrogen and oxygen atoms in total. The fourth-order valence-electron chi connectivity index (χ4n) is 3.06. The molecule has 3 aromatic rings. The van der Waals surface area contributed by atoms with E-state index >= 15 is 0 Å². The lowest BCUT2D eigenvalue weighted by molar-refractivity contribution is 0.103. The zero-order chi connectivity index (χ0) is 18.1. The summed E-state index contributed by atoms with van der Waals surface area (Å²) < 4.78 is 1.73. The van der Waals surface area contributed by atoms with Crippen LogP contribution in [0.25, 0.3) is 10.6 Å². The number of hydrogen-bond donors (Lipinski definition) is 2. The van der Waals surface area contributed by atoms with Crippen LogP contribution in [0.4, 0.5) is 5.13 Å². The molecule has 144 valence electrons. The van der Waals surface area contributed by atoms with E-state index in [2.05, 4.69) is 25.7 Å². The average Bonchev–Trinajstić information content (AvgIpc) is 3.36. The van der Waals surface area contributed by atoms with E-state index in [4.69, 9.17) is 0 Å². The molecule has 3 aromatic heterocycles. The molecule has 4 rings (SSSR count). The van der Waals surface area contributed by atoms with Crippen LogP contribution in [0.3, 0.4) is 0 Å². The molecule has 0 atom stereocenters. The van der Waals surface area contributed by atoms with Crippen molar-refractivity contribution in [3.05, 3.63) is 34.0 Å². The zero-order valence-electron chi connectivity index (χ0n) is 15.1. The minimum Gasteiger partial charge on any atom is -0.317 e. The predicted molar refractivity (Wildman–Crippen MR) is 111 cm³/mol. The standard InChI is InChI=1S/C17H20N6OS2.ClH/c1-10-14(26-16(21-10)12-7-20-23(2)9-12)15(24)22-17-19-8-13(25-17)11-3-5-18-6-4-11;/h7-9,11,18H,3-6H2,1-2H3,(H,19,22,24);1H. The van der Waals surface area contributed by atoms with E-state index < -0.39 is 0 Å². The maximum atomic E-state index is 12.7. The monoisotopic (exact) mass is 424 g/mol. The Morgan fingerprint density at radius 3 is 2.78 bits per heavy atom. The van der Waals surface area contributed by atoms with E-state index in [1.165, 1.54) is 16.2 Å². The normalized spacial score (nSPS) is 14.7. The molecule has 0 aliphatic carbocycles. The second kappa shape index (κ2) is 8.47. The van der Waals surface area contributed by atoms with Gasteiger partial charge in [0.05, 0.1) is 11.9 Å². The lowest BCUT2D eigenvalue weighted by Crippen LogP contribution is -2.26. The van der Waals surface area contributed by atoms with Crippen molar-refractivity contribution in [3.8, 4) is 10.6 Å². The second-order valence-electron chi connectivity index (χ2n) is 6.38. The predicted octanol–water partition coefficient (Wildman–Crippen LogP) is 3.45. The van der Waals surface area contributed by atoms with E-state index in [0.717, 1.165) is 42.2 Å². The third-order valence-corrected chi connectivity index (χ3v) is 6.72. The molecule has 27 heavy (non-hydrogen) atoms. The third-order valence-electron chi connectivity index (χ3n) is 4.44. The van der Waals surface area contributed by atoms with Gasteiger partial charge in [-0.3, -0.25) is 14.8 Å². The summed E-state index contributed by atoms with van der Waals surface area (Å²) in [5.74, 6) is 0.392. The summed E-state index contributed by atoms with van der Waals surface area (Å²) in [5, 5.41) is 11.9. The van der Waals surface area contributed by atoms with Crippen LogP contribution in [-0.2, 0) is 7.05 Å². The lowest BCUT2D eigenvalue weighted by Gasteiger charge is -2.20. The number of carbonyl (C=O) groups is 1. The molecule has 0 aromatic carbocycles. The molecular formula is C17H21ClN6OS2. The first kappa shape index (κ1) is 19.9. The quantitative estimate of drug-likeness (QED) is 0.670. The summed E-state index contributed by atoms with van der Waals surface area (Å²) in [5.41, 5.74) is 1.64. The van der Waals surface area contributed by atoms with Gasteiger partial charge in [0.1, 0.15) is 9.88 Å². The molecular weight excluding hydrogens is 404 g/mol. The van der Waals surface area contributed by atoms with Gasteiger partial charge >= 0.3 is 0 Å². The molecule has 1 aliphatic rings. The number of anilines is 1. The minimum atomic E-state index is -0.152. The number of halogens is 1. The number of nitrogens with one attached hydrogen (secondary N) is 2. The van der Waals surface area contributed by atoms with E-state index in [9.17, 15) is 4.79 Å². The maximum Gasteiger partial charge on any atom is 0.269 e. The number of hydrogen-bond acceptors (Lipinski definition) is 7. The van der Waals surface area contributed by atoms with Crippen LogP contribution in [0.1, 0.15) is 39.0 Å². The zero-order valence-corrected chi connectivity index (χ0v) is 17.5. The topological polar surface area (TPSA) is 84.7 Å². The van der Waals surface area contributed by atoms with Gasteiger partial charge in [-0.15, -0.1) is 35.1 Å². The van der Waals surface area contributed by atoms with Crippen LogP contribution >= 0.6 is 35.1 Å². The summed E-state index contributed by atoms with van der Waals surface area (Å²) in [6, 6.07) is 0. The number of nitrogens with zero attached hydrogens (tertiary/aromatic N) is 4. The molecule has 0 saturated carbocycles. The van der Waals surface area contributed by atoms with Gasteiger partial charge in [-0.25, -0.2) is 9.97 Å². The molecule has 0 unspecified atom stereocenters. The molecule has 1 aliphatic heterocycles. The highest BCUT2D eigenvalue weighted by molar-refractivity contribution is 7.18. The van der Waals surface area contributed by atoms with Crippen molar-refractivity contribution < 1.29 is 4.79 Å².